The summed E-state index contributed by atoms with van der Waals surface area (Å²) >= 11 is 0. The SMILES string of the molecule is O=C(NO)c1ccc(C(=O)NN=CCc2ccc(OCCCCCCCCCCCCOc3ccc(C=NNC(=O)c4ccc(C(=O)NO)cc4)cc3)cc2)cc1. The first kappa shape index (κ1) is 43.3. The number of benzene rings is 4. The number of nitrogens with zero attached hydrogens (tertiary/aromatic N) is 2. The summed E-state index contributed by atoms with van der Waals surface area (Å²) in [5.41, 5.74) is 11.0. The summed E-state index contributed by atoms with van der Waals surface area (Å²) in [6, 6.07) is 26.9. The highest BCUT2D eigenvalue weighted by Gasteiger charge is 2.09. The Morgan fingerprint density at radius 3 is 1.26 bits per heavy atom. The van der Waals surface area contributed by atoms with Crippen molar-refractivity contribution in [3.05, 3.63) is 130 Å². The zero-order valence-corrected chi connectivity index (χ0v) is 31.8. The topological polar surface area (TPSA) is 200 Å². The number of hydrogen-bond acceptors (Lipinski definition) is 10. The van der Waals surface area contributed by atoms with Crippen molar-refractivity contribution in [1.82, 2.24) is 21.8 Å². The summed E-state index contributed by atoms with van der Waals surface area (Å²) in [6.45, 7) is 1.35. The van der Waals surface area contributed by atoms with E-state index in [2.05, 4.69) is 21.1 Å². The average molecular weight is 779 g/mol. The van der Waals surface area contributed by atoms with E-state index in [4.69, 9.17) is 19.9 Å². The highest BCUT2D eigenvalue weighted by molar-refractivity contribution is 5.98. The molecule has 0 saturated carbocycles. The van der Waals surface area contributed by atoms with Crippen molar-refractivity contribution < 1.29 is 39.1 Å². The number of rotatable bonds is 24. The highest BCUT2D eigenvalue weighted by atomic mass is 16.5. The first-order chi connectivity index (χ1) is 27.9. The van der Waals surface area contributed by atoms with Crippen LogP contribution in [0.2, 0.25) is 0 Å². The van der Waals surface area contributed by atoms with Crippen molar-refractivity contribution in [3.63, 3.8) is 0 Å². The molecule has 0 aromatic heterocycles. The molecule has 0 atom stereocenters. The quantitative estimate of drug-likeness (QED) is 0.0189. The Kier molecular flexibility index (Phi) is 18.9. The van der Waals surface area contributed by atoms with Crippen LogP contribution in [0.1, 0.15) is 117 Å². The third-order valence-corrected chi connectivity index (χ3v) is 8.87. The molecule has 6 N–H and O–H groups in total. The number of carbonyl (C=O) groups excluding carboxylic acids is 4. The second-order valence-corrected chi connectivity index (χ2v) is 13.1. The second kappa shape index (κ2) is 24.9. The van der Waals surface area contributed by atoms with Crippen LogP contribution in [-0.2, 0) is 6.42 Å². The van der Waals surface area contributed by atoms with E-state index in [1.54, 1.807) is 17.2 Å². The van der Waals surface area contributed by atoms with Gasteiger partial charge in [0.2, 0.25) is 0 Å². The van der Waals surface area contributed by atoms with Crippen LogP contribution in [-0.4, -0.2) is 59.7 Å². The largest absolute Gasteiger partial charge is 0.494 e. The van der Waals surface area contributed by atoms with E-state index in [1.807, 2.05) is 48.5 Å². The molecule has 0 radical (unpaired) electrons. The second-order valence-electron chi connectivity index (χ2n) is 13.1. The summed E-state index contributed by atoms with van der Waals surface area (Å²) < 4.78 is 11.8. The molecule has 4 rings (SSSR count). The molecule has 0 saturated heterocycles. The minimum Gasteiger partial charge on any atom is -0.494 e. The monoisotopic (exact) mass is 778 g/mol. The maximum Gasteiger partial charge on any atom is 0.274 e. The number of unbranched alkanes of at least 4 members (excludes halogenated alkanes) is 9. The number of hydroxylamine groups is 2. The van der Waals surface area contributed by atoms with Gasteiger partial charge in [0.15, 0.2) is 0 Å². The first-order valence-corrected chi connectivity index (χ1v) is 19.0. The van der Waals surface area contributed by atoms with Crippen molar-refractivity contribution in [2.24, 2.45) is 10.2 Å². The molecule has 0 unspecified atom stereocenters. The zero-order valence-electron chi connectivity index (χ0n) is 31.8. The van der Waals surface area contributed by atoms with E-state index in [1.165, 1.54) is 93.3 Å². The number of ether oxygens (including phenoxy) is 2. The minimum absolute atomic E-state index is 0.231. The normalized spacial score (nSPS) is 11.0. The summed E-state index contributed by atoms with van der Waals surface area (Å²) in [5.74, 6) is -0.511. The Bertz CT molecular complexity index is 1900. The lowest BCUT2D eigenvalue weighted by Crippen LogP contribution is -2.20. The zero-order chi connectivity index (χ0) is 40.5. The van der Waals surface area contributed by atoms with Crippen LogP contribution in [0.5, 0.6) is 11.5 Å². The summed E-state index contributed by atoms with van der Waals surface area (Å²) in [6.07, 6.45) is 15.4. The number of hydrogen-bond donors (Lipinski definition) is 6. The van der Waals surface area contributed by atoms with Crippen molar-refractivity contribution in [2.45, 2.75) is 70.6 Å². The van der Waals surface area contributed by atoms with Gasteiger partial charge in [-0.15, -0.1) is 0 Å². The maximum atomic E-state index is 12.2. The number of nitrogens with one attached hydrogen (secondary N) is 4. The van der Waals surface area contributed by atoms with Gasteiger partial charge in [-0.1, -0.05) is 63.5 Å². The molecule has 0 fully saturated rings. The molecule has 14 heteroatoms. The van der Waals surface area contributed by atoms with Gasteiger partial charge in [0.05, 0.1) is 19.4 Å². The van der Waals surface area contributed by atoms with Gasteiger partial charge in [-0.05, 0) is 109 Å². The van der Waals surface area contributed by atoms with Crippen LogP contribution in [0.3, 0.4) is 0 Å². The maximum absolute atomic E-state index is 12.2. The number of carbonyl (C=O) groups is 4. The molecule has 0 aliphatic carbocycles. The fraction of sp³-hybridized carbons (Fsp3) is 0.302. The van der Waals surface area contributed by atoms with Crippen LogP contribution in [0, 0.1) is 0 Å². The lowest BCUT2D eigenvalue weighted by Gasteiger charge is -2.07. The van der Waals surface area contributed by atoms with E-state index in [-0.39, 0.29) is 11.1 Å². The molecular formula is C43H50N6O8. The number of amides is 4. The van der Waals surface area contributed by atoms with Crippen molar-refractivity contribution >= 4 is 36.1 Å². The Balaban J connectivity index is 0.938. The summed E-state index contributed by atoms with van der Waals surface area (Å²) in [5, 5.41) is 25.3. The molecule has 0 spiro atoms. The van der Waals surface area contributed by atoms with Crippen molar-refractivity contribution in [2.75, 3.05) is 13.2 Å². The van der Waals surface area contributed by atoms with E-state index in [9.17, 15) is 19.2 Å². The Morgan fingerprint density at radius 1 is 0.474 bits per heavy atom. The molecule has 0 bridgehead atoms. The minimum atomic E-state index is -0.654. The molecule has 0 heterocycles. The Morgan fingerprint density at radius 2 is 0.842 bits per heavy atom. The van der Waals surface area contributed by atoms with E-state index >= 15 is 0 Å². The fourth-order valence-corrected chi connectivity index (χ4v) is 5.60. The lowest BCUT2D eigenvalue weighted by molar-refractivity contribution is 0.0702. The molecule has 0 aliphatic heterocycles. The van der Waals surface area contributed by atoms with E-state index in [0.717, 1.165) is 48.3 Å². The van der Waals surface area contributed by atoms with Gasteiger partial charge in [-0.2, -0.15) is 10.2 Å². The Hall–Kier alpha value is -6.38. The Labute approximate surface area is 332 Å². The molecular weight excluding hydrogens is 729 g/mol. The average Bonchev–Trinajstić information content (AvgIpc) is 3.25. The van der Waals surface area contributed by atoms with E-state index in [0.29, 0.717) is 30.8 Å². The van der Waals surface area contributed by atoms with E-state index < -0.39 is 23.6 Å². The molecule has 4 amide bonds. The molecule has 4 aromatic carbocycles. The van der Waals surface area contributed by atoms with Crippen LogP contribution < -0.4 is 31.3 Å². The van der Waals surface area contributed by atoms with Gasteiger partial charge in [0.25, 0.3) is 23.6 Å². The van der Waals surface area contributed by atoms with Crippen LogP contribution >= 0.6 is 0 Å². The highest BCUT2D eigenvalue weighted by Crippen LogP contribution is 2.16. The lowest BCUT2D eigenvalue weighted by atomic mass is 10.1. The molecule has 300 valence electrons. The predicted octanol–water partition coefficient (Wildman–Crippen LogP) is 7.01. The smallest absolute Gasteiger partial charge is 0.274 e. The standard InChI is InChI=1S/C43H50N6O8/c50-40(34-15-19-36(20-16-34)42(52)48-54)46-44-28-27-32-11-23-38(24-12-32)56-29-9-7-5-3-1-2-4-6-8-10-30-57-39-25-13-33(14-26-39)31-45-47-41(51)35-17-21-37(22-18-35)43(53)49-55/h11-26,28,31,54-55H,1-10,27,29-30H2,(H,46,50)(H,47,51)(H,48,52)(H,49,53). The molecule has 4 aromatic rings. The fourth-order valence-electron chi connectivity index (χ4n) is 5.60. The van der Waals surface area contributed by atoms with Crippen LogP contribution in [0.4, 0.5) is 0 Å². The summed E-state index contributed by atoms with van der Waals surface area (Å²) in [7, 11) is 0. The third kappa shape index (κ3) is 16.1. The molecule has 57 heavy (non-hydrogen) atoms. The van der Waals surface area contributed by atoms with Gasteiger partial charge in [0, 0.05) is 34.9 Å². The predicted molar refractivity (Wildman–Crippen MR) is 216 cm³/mol. The molecule has 14 nitrogen and oxygen atoms in total. The van der Waals surface area contributed by atoms with Crippen LogP contribution in [0.15, 0.2) is 107 Å². The van der Waals surface area contributed by atoms with Gasteiger partial charge in [-0.25, -0.2) is 21.8 Å². The third-order valence-electron chi connectivity index (χ3n) is 8.87. The van der Waals surface area contributed by atoms with Gasteiger partial charge in [-0.3, -0.25) is 29.6 Å². The van der Waals surface area contributed by atoms with Crippen molar-refractivity contribution in [3.8, 4) is 11.5 Å². The summed E-state index contributed by atoms with van der Waals surface area (Å²) in [4.78, 5) is 47.2. The molecule has 0 aliphatic rings. The number of hydrazone groups is 2. The van der Waals surface area contributed by atoms with Crippen LogP contribution in [0.25, 0.3) is 0 Å². The van der Waals surface area contributed by atoms with Gasteiger partial charge >= 0.3 is 0 Å². The van der Waals surface area contributed by atoms with Gasteiger partial charge < -0.3 is 9.47 Å². The first-order valence-electron chi connectivity index (χ1n) is 19.0. The van der Waals surface area contributed by atoms with Crippen molar-refractivity contribution in [1.29, 1.82) is 0 Å². The van der Waals surface area contributed by atoms with Gasteiger partial charge in [0.1, 0.15) is 11.5 Å².